The van der Waals surface area contributed by atoms with E-state index >= 15 is 0 Å². The first kappa shape index (κ1) is 17.4. The van der Waals surface area contributed by atoms with Crippen LogP contribution in [0.5, 0.6) is 5.75 Å². The number of rotatable bonds is 6. The molecule has 130 valence electrons. The van der Waals surface area contributed by atoms with Gasteiger partial charge in [0.25, 0.3) is 0 Å². The van der Waals surface area contributed by atoms with Gasteiger partial charge in [0.05, 0.1) is 12.6 Å². The quantitative estimate of drug-likeness (QED) is 0.632. The van der Waals surface area contributed by atoms with Gasteiger partial charge in [-0.2, -0.15) is 5.10 Å². The summed E-state index contributed by atoms with van der Waals surface area (Å²) in [6.07, 6.45) is 3.50. The standard InChI is InChI=1S/C17H18ClN5OS/c1-11(2)24-15-4-3-14(18)9-13(15)10-20-23-16(21-22-17(23)25)12-5-7-19-8-6-12/h3-9,11,20H,10H2,1-2H3,(H,22,25). The van der Waals surface area contributed by atoms with Crippen LogP contribution in [0.15, 0.2) is 42.7 Å². The molecule has 3 rings (SSSR count). The maximum Gasteiger partial charge on any atom is 0.214 e. The van der Waals surface area contributed by atoms with E-state index in [2.05, 4.69) is 20.6 Å². The number of nitrogens with zero attached hydrogens (tertiary/aromatic N) is 3. The molecule has 0 atom stereocenters. The van der Waals surface area contributed by atoms with Gasteiger partial charge in [-0.25, -0.2) is 9.77 Å². The topological polar surface area (TPSA) is 67.8 Å². The molecular formula is C17H18ClN5OS. The zero-order chi connectivity index (χ0) is 17.8. The molecule has 0 radical (unpaired) electrons. The van der Waals surface area contributed by atoms with Crippen LogP contribution in [0.4, 0.5) is 0 Å². The largest absolute Gasteiger partial charge is 0.491 e. The average Bonchev–Trinajstić information content (AvgIpc) is 2.96. The highest BCUT2D eigenvalue weighted by Crippen LogP contribution is 2.24. The van der Waals surface area contributed by atoms with Crippen molar-refractivity contribution in [1.82, 2.24) is 19.9 Å². The lowest BCUT2D eigenvalue weighted by Gasteiger charge is -2.16. The van der Waals surface area contributed by atoms with Crippen molar-refractivity contribution in [2.75, 3.05) is 5.43 Å². The van der Waals surface area contributed by atoms with E-state index in [1.165, 1.54) is 0 Å². The Kier molecular flexibility index (Phi) is 5.35. The van der Waals surface area contributed by atoms with Crippen LogP contribution >= 0.6 is 23.8 Å². The lowest BCUT2D eigenvalue weighted by atomic mass is 10.2. The zero-order valence-electron chi connectivity index (χ0n) is 13.9. The number of hydrogen-bond donors (Lipinski definition) is 2. The van der Waals surface area contributed by atoms with E-state index in [4.69, 9.17) is 28.6 Å². The Bertz CT molecular complexity index is 907. The number of aromatic nitrogens is 4. The number of nitrogens with one attached hydrogen (secondary N) is 2. The Labute approximate surface area is 155 Å². The number of ether oxygens (including phenoxy) is 1. The molecule has 6 nitrogen and oxygen atoms in total. The molecular weight excluding hydrogens is 358 g/mol. The first-order valence-corrected chi connectivity index (χ1v) is 8.60. The van der Waals surface area contributed by atoms with Crippen molar-refractivity contribution in [3.8, 4) is 17.1 Å². The summed E-state index contributed by atoms with van der Waals surface area (Å²) in [6.45, 7) is 4.45. The number of H-pyrrole nitrogens is 1. The van der Waals surface area contributed by atoms with Gasteiger partial charge in [-0.15, -0.1) is 0 Å². The van der Waals surface area contributed by atoms with Crippen LogP contribution in [0.3, 0.4) is 0 Å². The predicted octanol–water partition coefficient (Wildman–Crippen LogP) is 4.19. The molecule has 2 aromatic heterocycles. The molecule has 8 heteroatoms. The fourth-order valence-electron chi connectivity index (χ4n) is 2.36. The second-order valence-electron chi connectivity index (χ2n) is 5.68. The lowest BCUT2D eigenvalue weighted by molar-refractivity contribution is 0.240. The van der Waals surface area contributed by atoms with Crippen molar-refractivity contribution < 1.29 is 4.74 Å². The minimum atomic E-state index is 0.0726. The maximum atomic E-state index is 6.14. The van der Waals surface area contributed by atoms with Gasteiger partial charge in [-0.05, 0) is 56.4 Å². The molecule has 2 N–H and O–H groups in total. The molecule has 25 heavy (non-hydrogen) atoms. The molecule has 0 aliphatic rings. The molecule has 0 aliphatic carbocycles. The summed E-state index contributed by atoms with van der Waals surface area (Å²) in [6, 6.07) is 9.31. The Morgan fingerprint density at radius 1 is 1.28 bits per heavy atom. The monoisotopic (exact) mass is 375 g/mol. The van der Waals surface area contributed by atoms with E-state index in [0.717, 1.165) is 16.9 Å². The van der Waals surface area contributed by atoms with Gasteiger partial charge in [0, 0.05) is 28.5 Å². The minimum Gasteiger partial charge on any atom is -0.491 e. The average molecular weight is 376 g/mol. The van der Waals surface area contributed by atoms with E-state index in [1.54, 1.807) is 17.1 Å². The maximum absolute atomic E-state index is 6.14. The highest BCUT2D eigenvalue weighted by atomic mass is 35.5. The second-order valence-corrected chi connectivity index (χ2v) is 6.50. The van der Waals surface area contributed by atoms with E-state index < -0.39 is 0 Å². The molecule has 0 aliphatic heterocycles. The van der Waals surface area contributed by atoms with Crippen molar-refractivity contribution in [2.24, 2.45) is 0 Å². The van der Waals surface area contributed by atoms with Gasteiger partial charge in [-0.3, -0.25) is 4.98 Å². The van der Waals surface area contributed by atoms with Crippen LogP contribution in [0, 0.1) is 4.77 Å². The van der Waals surface area contributed by atoms with Gasteiger partial charge in [0.1, 0.15) is 5.75 Å². The number of pyridine rings is 1. The highest BCUT2D eigenvalue weighted by molar-refractivity contribution is 7.71. The molecule has 0 saturated carbocycles. The fraction of sp³-hybridized carbons (Fsp3) is 0.235. The number of benzene rings is 1. The summed E-state index contributed by atoms with van der Waals surface area (Å²) in [5, 5.41) is 7.74. The molecule has 0 spiro atoms. The normalized spacial score (nSPS) is 10.9. The third-order valence-corrected chi connectivity index (χ3v) is 3.93. The zero-order valence-corrected chi connectivity index (χ0v) is 15.4. The van der Waals surface area contributed by atoms with Gasteiger partial charge in [-0.1, -0.05) is 11.6 Å². The third-order valence-electron chi connectivity index (χ3n) is 3.42. The van der Waals surface area contributed by atoms with Crippen molar-refractivity contribution in [2.45, 2.75) is 26.5 Å². The Morgan fingerprint density at radius 3 is 2.76 bits per heavy atom. The molecule has 3 aromatic rings. The molecule has 2 heterocycles. The van der Waals surface area contributed by atoms with Crippen molar-refractivity contribution in [3.63, 3.8) is 0 Å². The third kappa shape index (κ3) is 4.18. The number of aromatic amines is 1. The van der Waals surface area contributed by atoms with Crippen LogP contribution in [-0.4, -0.2) is 26.0 Å². The molecule has 0 amide bonds. The first-order chi connectivity index (χ1) is 12.0. The number of hydrogen-bond acceptors (Lipinski definition) is 5. The van der Waals surface area contributed by atoms with Gasteiger partial charge >= 0.3 is 0 Å². The van der Waals surface area contributed by atoms with Crippen LogP contribution in [0.1, 0.15) is 19.4 Å². The molecule has 0 saturated heterocycles. The summed E-state index contributed by atoms with van der Waals surface area (Å²) in [7, 11) is 0. The Hall–Kier alpha value is -2.38. The molecule has 0 unspecified atom stereocenters. The second kappa shape index (κ2) is 7.67. The van der Waals surface area contributed by atoms with Crippen LogP contribution in [0.2, 0.25) is 5.02 Å². The summed E-state index contributed by atoms with van der Waals surface area (Å²) in [5.41, 5.74) is 5.11. The van der Waals surface area contributed by atoms with E-state index in [0.29, 0.717) is 22.2 Å². The van der Waals surface area contributed by atoms with E-state index in [9.17, 15) is 0 Å². The SMILES string of the molecule is CC(C)Oc1ccc(Cl)cc1CNn1c(-c2ccncc2)n[nH]c1=S. The van der Waals surface area contributed by atoms with E-state index in [-0.39, 0.29) is 6.10 Å². The fourth-order valence-corrected chi connectivity index (χ4v) is 2.75. The predicted molar refractivity (Wildman–Crippen MR) is 101 cm³/mol. The molecule has 0 fully saturated rings. The van der Waals surface area contributed by atoms with Gasteiger partial charge < -0.3 is 10.2 Å². The number of halogens is 1. The lowest BCUT2D eigenvalue weighted by Crippen LogP contribution is -2.17. The Balaban J connectivity index is 1.87. The van der Waals surface area contributed by atoms with Crippen molar-refractivity contribution in [3.05, 3.63) is 58.1 Å². The van der Waals surface area contributed by atoms with Gasteiger partial charge in [0.2, 0.25) is 4.77 Å². The Morgan fingerprint density at radius 2 is 2.04 bits per heavy atom. The summed E-state index contributed by atoms with van der Waals surface area (Å²) in [4.78, 5) is 4.02. The smallest absolute Gasteiger partial charge is 0.214 e. The van der Waals surface area contributed by atoms with E-state index in [1.807, 2.05) is 44.2 Å². The van der Waals surface area contributed by atoms with Crippen LogP contribution in [0.25, 0.3) is 11.4 Å². The highest BCUT2D eigenvalue weighted by Gasteiger charge is 2.11. The first-order valence-electron chi connectivity index (χ1n) is 7.81. The van der Waals surface area contributed by atoms with Crippen molar-refractivity contribution >= 4 is 23.8 Å². The van der Waals surface area contributed by atoms with Gasteiger partial charge in [0.15, 0.2) is 5.82 Å². The van der Waals surface area contributed by atoms with Crippen LogP contribution < -0.4 is 10.2 Å². The molecule has 1 aromatic carbocycles. The summed E-state index contributed by atoms with van der Waals surface area (Å²) < 4.78 is 8.05. The molecule has 0 bridgehead atoms. The minimum absolute atomic E-state index is 0.0726. The summed E-state index contributed by atoms with van der Waals surface area (Å²) in [5.74, 6) is 1.47. The van der Waals surface area contributed by atoms with Crippen molar-refractivity contribution in [1.29, 1.82) is 0 Å². The van der Waals surface area contributed by atoms with Crippen LogP contribution in [-0.2, 0) is 6.54 Å². The summed E-state index contributed by atoms with van der Waals surface area (Å²) >= 11 is 11.5.